The minimum absolute atomic E-state index is 0. The summed E-state index contributed by atoms with van der Waals surface area (Å²) in [4.78, 5) is 12.7. The first-order chi connectivity index (χ1) is 11.3. The molecule has 0 heterocycles. The molecule has 2 unspecified atom stereocenters. The van der Waals surface area contributed by atoms with E-state index in [9.17, 15) is 13.2 Å². The number of rotatable bonds is 4. The zero-order valence-corrected chi connectivity index (χ0v) is 15.9. The second-order valence-electron chi connectivity index (χ2n) is 7.11. The van der Waals surface area contributed by atoms with Crippen LogP contribution in [0.1, 0.15) is 32.1 Å². The van der Waals surface area contributed by atoms with Gasteiger partial charge in [-0.3, -0.25) is 9.52 Å². The summed E-state index contributed by atoms with van der Waals surface area (Å²) in [5.74, 6) is 0.767. The number of nitrogens with one attached hydrogen (secondary N) is 2. The number of carbonyl (C=O) groups excluding carboxylic acids is 1. The number of benzene rings is 1. The first kappa shape index (κ1) is 20.0. The van der Waals surface area contributed by atoms with Gasteiger partial charge in [0, 0.05) is 12.0 Å². The average Bonchev–Trinajstić information content (AvgIpc) is 2.47. The number of nitrogens with two attached hydrogens (primary N) is 1. The van der Waals surface area contributed by atoms with Gasteiger partial charge in [-0.2, -0.15) is 0 Å². The van der Waals surface area contributed by atoms with Gasteiger partial charge in [-0.1, -0.05) is 18.6 Å². The predicted molar refractivity (Wildman–Crippen MR) is 102 cm³/mol. The van der Waals surface area contributed by atoms with E-state index in [1.807, 2.05) is 0 Å². The molecule has 6 nitrogen and oxygen atoms in total. The molecule has 25 heavy (non-hydrogen) atoms. The smallest absolute Gasteiger partial charge is 0.229 e. The summed E-state index contributed by atoms with van der Waals surface area (Å²) in [5.41, 5.74) is 7.17. The highest BCUT2D eigenvalue weighted by atomic mass is 35.5. The fraction of sp³-hybridized carbons (Fsp3) is 0.588. The van der Waals surface area contributed by atoms with Crippen LogP contribution in [0.4, 0.5) is 11.4 Å². The Hall–Kier alpha value is -1.31. The van der Waals surface area contributed by atoms with Crippen molar-refractivity contribution in [3.63, 3.8) is 0 Å². The van der Waals surface area contributed by atoms with Gasteiger partial charge < -0.3 is 11.1 Å². The Kier molecular flexibility index (Phi) is 6.35. The van der Waals surface area contributed by atoms with Gasteiger partial charge in [0.2, 0.25) is 15.9 Å². The van der Waals surface area contributed by atoms with Crippen molar-refractivity contribution >= 4 is 39.7 Å². The summed E-state index contributed by atoms with van der Waals surface area (Å²) < 4.78 is 25.4. The normalized spacial score (nSPS) is 28.6. The van der Waals surface area contributed by atoms with Crippen molar-refractivity contribution in [2.75, 3.05) is 16.3 Å². The van der Waals surface area contributed by atoms with Crippen LogP contribution in [0.3, 0.4) is 0 Å². The standard InChI is InChI=1S/C17H25N3O3S.ClH/c1-24(22,23)20-15-8-3-2-7-14(15)19-17(21)13-9-11-5-4-6-12(10-13)16(11)18;/h2-3,7-8,11-13,16,20H,4-6,9-10,18H2,1H3,(H,19,21);1H. The molecule has 4 N–H and O–H groups in total. The van der Waals surface area contributed by atoms with E-state index >= 15 is 0 Å². The molecule has 140 valence electrons. The third-order valence-corrected chi connectivity index (χ3v) is 5.85. The molecule has 3 rings (SSSR count). The summed E-state index contributed by atoms with van der Waals surface area (Å²) in [6.07, 6.45) is 6.16. The molecule has 2 atom stereocenters. The van der Waals surface area contributed by atoms with Gasteiger partial charge in [0.25, 0.3) is 0 Å². The summed E-state index contributed by atoms with van der Waals surface area (Å²) in [6, 6.07) is 7.08. The molecular weight excluding hydrogens is 362 g/mol. The van der Waals surface area contributed by atoms with E-state index in [4.69, 9.17) is 5.73 Å². The zero-order valence-electron chi connectivity index (χ0n) is 14.3. The number of carbonyl (C=O) groups is 1. The van der Waals surface area contributed by atoms with Crippen LogP contribution in [0, 0.1) is 17.8 Å². The Morgan fingerprint density at radius 3 is 2.24 bits per heavy atom. The van der Waals surface area contributed by atoms with Crippen LogP contribution in [-0.4, -0.2) is 26.6 Å². The third kappa shape index (κ3) is 4.86. The monoisotopic (exact) mass is 387 g/mol. The maximum atomic E-state index is 12.7. The van der Waals surface area contributed by atoms with Gasteiger partial charge in [-0.05, 0) is 49.7 Å². The van der Waals surface area contributed by atoms with Crippen LogP contribution in [-0.2, 0) is 14.8 Å². The average molecular weight is 388 g/mol. The molecule has 2 bridgehead atoms. The molecule has 1 aromatic carbocycles. The van der Waals surface area contributed by atoms with Crippen molar-refractivity contribution in [1.29, 1.82) is 0 Å². The topological polar surface area (TPSA) is 101 Å². The van der Waals surface area contributed by atoms with E-state index in [-0.39, 0.29) is 30.3 Å². The number of amides is 1. The molecule has 2 saturated carbocycles. The van der Waals surface area contributed by atoms with Gasteiger partial charge in [0.15, 0.2) is 0 Å². The molecule has 0 aliphatic heterocycles. The predicted octanol–water partition coefficient (Wildman–Crippen LogP) is 2.57. The Bertz CT molecular complexity index is 712. The van der Waals surface area contributed by atoms with E-state index in [1.165, 1.54) is 6.42 Å². The number of sulfonamides is 1. The van der Waals surface area contributed by atoms with E-state index in [2.05, 4.69) is 10.0 Å². The Balaban J connectivity index is 0.00000225. The Morgan fingerprint density at radius 1 is 1.12 bits per heavy atom. The van der Waals surface area contributed by atoms with Crippen LogP contribution in [0.5, 0.6) is 0 Å². The van der Waals surface area contributed by atoms with Gasteiger partial charge >= 0.3 is 0 Å². The van der Waals surface area contributed by atoms with Crippen molar-refractivity contribution in [1.82, 2.24) is 0 Å². The lowest BCUT2D eigenvalue weighted by atomic mass is 9.65. The second kappa shape index (κ2) is 7.93. The molecule has 2 aliphatic rings. The highest BCUT2D eigenvalue weighted by molar-refractivity contribution is 7.92. The number of fused-ring (bicyclic) bond motifs is 2. The number of para-hydroxylation sites is 2. The van der Waals surface area contributed by atoms with E-state index in [0.29, 0.717) is 23.2 Å². The second-order valence-corrected chi connectivity index (χ2v) is 8.85. The lowest BCUT2D eigenvalue weighted by molar-refractivity contribution is -0.122. The molecule has 8 heteroatoms. The summed E-state index contributed by atoms with van der Waals surface area (Å²) >= 11 is 0. The summed E-state index contributed by atoms with van der Waals surface area (Å²) in [5, 5.41) is 2.90. The van der Waals surface area contributed by atoms with E-state index in [1.54, 1.807) is 24.3 Å². The van der Waals surface area contributed by atoms with Crippen molar-refractivity contribution < 1.29 is 13.2 Å². The van der Waals surface area contributed by atoms with Crippen molar-refractivity contribution in [3.05, 3.63) is 24.3 Å². The van der Waals surface area contributed by atoms with Crippen molar-refractivity contribution in [2.24, 2.45) is 23.5 Å². The van der Waals surface area contributed by atoms with E-state index in [0.717, 1.165) is 31.9 Å². The highest BCUT2D eigenvalue weighted by Gasteiger charge is 2.40. The largest absolute Gasteiger partial charge is 0.327 e. The molecule has 1 amide bonds. The summed E-state index contributed by atoms with van der Waals surface area (Å²) in [7, 11) is -3.40. The molecule has 0 aromatic heterocycles. The van der Waals surface area contributed by atoms with Crippen molar-refractivity contribution in [2.45, 2.75) is 38.1 Å². The first-order valence-electron chi connectivity index (χ1n) is 8.47. The van der Waals surface area contributed by atoms with Crippen molar-refractivity contribution in [3.8, 4) is 0 Å². The molecule has 1 aromatic rings. The lowest BCUT2D eigenvalue weighted by Crippen LogP contribution is -2.48. The molecule has 0 spiro atoms. The van der Waals surface area contributed by atoms with Gasteiger partial charge in [0.1, 0.15) is 0 Å². The van der Waals surface area contributed by atoms with Gasteiger partial charge in [0.05, 0.1) is 17.6 Å². The molecule has 0 radical (unpaired) electrons. The van der Waals surface area contributed by atoms with Crippen LogP contribution < -0.4 is 15.8 Å². The van der Waals surface area contributed by atoms with E-state index < -0.39 is 10.0 Å². The number of hydrogen-bond donors (Lipinski definition) is 3. The molecule has 2 aliphatic carbocycles. The first-order valence-corrected chi connectivity index (χ1v) is 10.4. The SMILES string of the molecule is CS(=O)(=O)Nc1ccccc1NC(=O)C1CC2CCCC(C1)C2N.Cl. The summed E-state index contributed by atoms with van der Waals surface area (Å²) in [6.45, 7) is 0. The van der Waals surface area contributed by atoms with Crippen LogP contribution in [0.25, 0.3) is 0 Å². The maximum absolute atomic E-state index is 12.7. The molecule has 0 saturated heterocycles. The quantitative estimate of drug-likeness (QED) is 0.738. The molecule has 2 fully saturated rings. The zero-order chi connectivity index (χ0) is 17.3. The molecular formula is C17H26ClN3O3S. The van der Waals surface area contributed by atoms with Crippen LogP contribution in [0.15, 0.2) is 24.3 Å². The van der Waals surface area contributed by atoms with Gasteiger partial charge in [-0.25, -0.2) is 8.42 Å². The van der Waals surface area contributed by atoms with Crippen LogP contribution in [0.2, 0.25) is 0 Å². The fourth-order valence-corrected chi connectivity index (χ4v) is 4.70. The van der Waals surface area contributed by atoms with Gasteiger partial charge in [-0.15, -0.1) is 12.4 Å². The van der Waals surface area contributed by atoms with Crippen LogP contribution >= 0.6 is 12.4 Å². The minimum Gasteiger partial charge on any atom is -0.327 e. The lowest BCUT2D eigenvalue weighted by Gasteiger charge is -2.43. The third-order valence-electron chi connectivity index (χ3n) is 5.26. The highest BCUT2D eigenvalue weighted by Crippen LogP contribution is 2.42. The Labute approximate surface area is 155 Å². The number of halogens is 1. The fourth-order valence-electron chi connectivity index (χ4n) is 4.12. The Morgan fingerprint density at radius 2 is 1.68 bits per heavy atom. The maximum Gasteiger partial charge on any atom is 0.229 e. The minimum atomic E-state index is -3.40. The number of hydrogen-bond acceptors (Lipinski definition) is 4. The number of anilines is 2.